The van der Waals surface area contributed by atoms with Crippen LogP contribution in [0.25, 0.3) is 31.0 Å². The van der Waals surface area contributed by atoms with Crippen molar-refractivity contribution in [2.24, 2.45) is 70.0 Å². The smallest absolute Gasteiger partial charge is 0.158 e. The van der Waals surface area contributed by atoms with Crippen LogP contribution in [0.1, 0.15) is 283 Å². The summed E-state index contributed by atoms with van der Waals surface area (Å²) < 4.78 is 10.2. The van der Waals surface area contributed by atoms with Gasteiger partial charge in [0.25, 0.3) is 0 Å². The average molecular weight is 1860 g/mol. The molecule has 16 bridgehead atoms. The van der Waals surface area contributed by atoms with Gasteiger partial charge in [-0.25, -0.2) is 49.1 Å². The minimum Gasteiger partial charge on any atom is -0.313 e. The maximum absolute atomic E-state index is 7.92. The van der Waals surface area contributed by atoms with E-state index in [0.29, 0.717) is 63.7 Å². The average Bonchev–Trinajstić information content (AvgIpc) is 0.900. The third-order valence-electron chi connectivity index (χ3n) is 31.1. The van der Waals surface area contributed by atoms with Gasteiger partial charge in [-0.3, -0.25) is 0 Å². The zero-order chi connectivity index (χ0) is 76.2. The second-order valence-electron chi connectivity index (χ2n) is 37.8. The fourth-order valence-electron chi connectivity index (χ4n) is 26.8. The number of thiazole rings is 2. The summed E-state index contributed by atoms with van der Waals surface area (Å²) in [5.74, 6) is 13.9. The second kappa shape index (κ2) is 34.2. The third kappa shape index (κ3) is 14.0. The molecule has 594 valence electrons. The number of fused-ring (bicyclic) bond motifs is 2. The molecule has 16 heteroatoms. The maximum atomic E-state index is 7.92. The van der Waals surface area contributed by atoms with Crippen molar-refractivity contribution in [3.05, 3.63) is 177 Å². The Morgan fingerprint density at radius 2 is 0.768 bits per heavy atom. The Kier molecular flexibility index (Phi) is 27.0. The number of benzene rings is 5. The van der Waals surface area contributed by atoms with Gasteiger partial charge in [0.2, 0.25) is 0 Å². The Bertz CT molecular complexity index is 4420. The van der Waals surface area contributed by atoms with Crippen molar-refractivity contribution < 1.29 is 171 Å². The first-order valence-electron chi connectivity index (χ1n) is 43.2. The molecular weight excluding hydrogens is 1730 g/mol. The van der Waals surface area contributed by atoms with E-state index in [1.807, 2.05) is 19.8 Å². The Balaban J connectivity index is 0.000000127. The predicted molar refractivity (Wildman–Crippen MR) is 434 cm³/mol. The van der Waals surface area contributed by atoms with Crippen molar-refractivity contribution in [3.63, 3.8) is 0 Å². The van der Waals surface area contributed by atoms with Crippen molar-refractivity contribution in [3.8, 4) is 10.6 Å². The molecule has 27 rings (SSSR count). The van der Waals surface area contributed by atoms with Gasteiger partial charge in [-0.05, 0) is 200 Å². The van der Waals surface area contributed by atoms with Crippen molar-refractivity contribution in [1.29, 1.82) is 0 Å². The van der Waals surface area contributed by atoms with E-state index >= 15 is 0 Å². The molecule has 112 heavy (non-hydrogen) atoms. The van der Waals surface area contributed by atoms with Crippen molar-refractivity contribution >= 4 is 43.1 Å². The Hall–Kier alpha value is -0.0244. The first kappa shape index (κ1) is 88.3. The molecule has 4 aliphatic heterocycles. The van der Waals surface area contributed by atoms with Crippen LogP contribution in [0.5, 0.6) is 0 Å². The van der Waals surface area contributed by atoms with Crippen molar-refractivity contribution in [2.75, 3.05) is 0 Å². The SMILES string of the molecule is CC.CCC.CCC.CCC12C[C-]3CC(C1)C1(OOC1(C)c1cccc(C)c1)C(C3)C2.Cc1cc(C2(C)OOC23C2C[C-]4CC(C2)CC3C4)cc2sc(-c3ccccc3)nc12.Cc1cccc(C2(C)OOC23C2C[C-]4CC(C2)CC3C4)c1.[3H]c1nc2c(C)cc(C3(C)OOC34C3C[C-]5CC4CC(CC)(C5)C3)cc2s1.[Y].[Y].[Y].[Y]. The first-order valence-corrected chi connectivity index (χ1v) is 44.4. The molecule has 5 aromatic carbocycles. The Morgan fingerprint density at radius 1 is 0.411 bits per heavy atom. The normalized spacial score (nSPS) is 39.5. The van der Waals surface area contributed by atoms with Gasteiger partial charge in [-0.15, -0.1) is 22.7 Å². The quantitative estimate of drug-likeness (QED) is 0.113. The molecule has 4 radical (unpaired) electrons. The van der Waals surface area contributed by atoms with Gasteiger partial charge in [-0.1, -0.05) is 206 Å². The van der Waals surface area contributed by atoms with E-state index in [1.54, 1.807) is 29.1 Å². The van der Waals surface area contributed by atoms with Crippen LogP contribution in [0, 0.1) is 121 Å². The van der Waals surface area contributed by atoms with Gasteiger partial charge in [0, 0.05) is 136 Å². The Labute approximate surface area is 782 Å². The van der Waals surface area contributed by atoms with Crippen LogP contribution in [-0.2, 0) is 192 Å². The number of rotatable bonds is 7. The minimum atomic E-state index is -0.407. The topological polar surface area (TPSA) is 99.6 Å². The summed E-state index contributed by atoms with van der Waals surface area (Å²) in [6, 6.07) is 37.2. The fourth-order valence-corrected chi connectivity index (χ4v) is 28.6. The summed E-state index contributed by atoms with van der Waals surface area (Å²) in [7, 11) is 0. The van der Waals surface area contributed by atoms with E-state index in [0.717, 1.165) is 38.1 Å². The third-order valence-corrected chi connectivity index (χ3v) is 32.9. The summed E-state index contributed by atoms with van der Waals surface area (Å²) >= 11 is 3.23. The predicted octanol–water partition coefficient (Wildman–Crippen LogP) is 25.6. The van der Waals surface area contributed by atoms with E-state index in [9.17, 15) is 0 Å². The number of nitrogens with zero attached hydrogens (tertiary/aromatic N) is 2. The van der Waals surface area contributed by atoms with E-state index in [2.05, 4.69) is 205 Å². The molecule has 0 amide bonds. The molecule has 10 nitrogen and oxygen atoms in total. The monoisotopic (exact) mass is 1850 g/mol. The van der Waals surface area contributed by atoms with E-state index in [4.69, 9.17) is 45.5 Å². The molecule has 0 N–H and O–H groups in total. The van der Waals surface area contributed by atoms with E-state index < -0.39 is 5.60 Å². The van der Waals surface area contributed by atoms with Crippen LogP contribution in [0.3, 0.4) is 0 Å². The minimum absolute atomic E-state index is 0. The molecule has 12 atom stereocenters. The van der Waals surface area contributed by atoms with Crippen LogP contribution >= 0.6 is 22.7 Å². The van der Waals surface area contributed by atoms with Crippen molar-refractivity contribution in [1.82, 2.24) is 9.97 Å². The van der Waals surface area contributed by atoms with Gasteiger partial charge in [-0.2, -0.15) is 77.0 Å². The first-order chi connectivity index (χ1) is 52.4. The van der Waals surface area contributed by atoms with Gasteiger partial charge in [0.1, 0.15) is 27.4 Å². The van der Waals surface area contributed by atoms with Crippen LogP contribution < -0.4 is 0 Å². The van der Waals surface area contributed by atoms with Crippen LogP contribution in [0.15, 0.2) is 109 Å². The van der Waals surface area contributed by atoms with Crippen LogP contribution in [0.4, 0.5) is 0 Å². The van der Waals surface area contributed by atoms with Crippen LogP contribution in [0.2, 0.25) is 0 Å². The summed E-state index contributed by atoms with van der Waals surface area (Å²) in [6.07, 6.45) is 31.1. The van der Waals surface area contributed by atoms with Crippen LogP contribution in [-0.4, -0.2) is 32.4 Å². The van der Waals surface area contributed by atoms with Gasteiger partial charge < -0.3 is 23.7 Å². The summed E-state index contributed by atoms with van der Waals surface area (Å²) in [5, 5.41) is 1.09. The molecule has 20 aliphatic rings. The van der Waals surface area contributed by atoms with Gasteiger partial charge in [0.15, 0.2) is 22.4 Å². The van der Waals surface area contributed by atoms with Gasteiger partial charge >= 0.3 is 0 Å². The number of aromatic nitrogens is 2. The molecular formula is C96H124N2O8S2Y4-4. The fraction of sp³-hybridized carbons (Fsp3) is 0.625. The van der Waals surface area contributed by atoms with E-state index in [-0.39, 0.29) is 170 Å². The summed E-state index contributed by atoms with van der Waals surface area (Å²) in [5.41, 5.74) is 12.9. The number of hydrogen-bond donors (Lipinski definition) is 0. The number of aryl methyl sites for hydroxylation is 4. The van der Waals surface area contributed by atoms with E-state index in [1.165, 1.54) is 215 Å². The second-order valence-corrected chi connectivity index (χ2v) is 39.6. The molecule has 6 heterocycles. The van der Waals surface area contributed by atoms with Crippen molar-refractivity contribution in [2.45, 2.75) is 310 Å². The molecule has 4 saturated heterocycles. The zero-order valence-corrected chi connectivity index (χ0v) is 83.3. The van der Waals surface area contributed by atoms with Gasteiger partial charge in [0.05, 0.1) is 27.3 Å². The summed E-state index contributed by atoms with van der Waals surface area (Å²) in [6.45, 7) is 34.9. The molecule has 2 aromatic heterocycles. The standard InChI is InChI=1S/C26H26NO2S.C22H26NO2S.C21H27O2.C19H23O2.2C3H8.C2H6.4Y/c1-15-8-19(14-22-23(15)27-24(30-22)18-6-4-3-5-7-18)25(2)26(29-28-25)20-10-16-9-17(12-20)13-21(26)11-16;1-4-21-9-14-6-16(10-21)22(17(7-14)11-21)20(3,24-25-22)15-5-13(2)19-18(8-15)26-12-23-19;1-4-20-11-15-9-17(12-20)21(18(10-15)13-20)19(3,22-23-21)16-7-5-6-14(2)8-16;1-12-4-3-5-15(6-12)18(2)19(21-20-18)16-8-13-7-14(10-16)11-17(19)9-13;2*1-3-2;1-2;;;;/h3-8,14,16,20-21H,9-13H2,1-2H3;5,8,12,16-17H,4,6-7,9-11H2,1-3H3;5-8,17-18H,4,9-13H2,1-3H3;3-6,13,16-17H,7-11H2,1-2H3;2*3H2,1-2H3;1-2H3;;;;/q4*-1;;;;;;;/i;12T;;;;;;;;;. The zero-order valence-electron chi connectivity index (χ0n) is 71.3. The largest absolute Gasteiger partial charge is 0.313 e. The molecule has 12 unspecified atom stereocenters. The summed E-state index contributed by atoms with van der Waals surface area (Å²) in [4.78, 5) is 57.5. The molecule has 20 fully saturated rings. The maximum Gasteiger partial charge on any atom is 0.158 e. The Morgan fingerprint density at radius 3 is 1.12 bits per heavy atom. The molecule has 4 spiro atoms. The molecule has 16 aliphatic carbocycles. The number of hydrogen-bond acceptors (Lipinski definition) is 12. The molecule has 7 aromatic rings. The molecule has 16 saturated carbocycles.